The highest BCUT2D eigenvalue weighted by atomic mass is 19.2. The Hall–Kier alpha value is -4.04. The lowest BCUT2D eigenvalue weighted by Crippen LogP contribution is -2.41. The van der Waals surface area contributed by atoms with E-state index in [0.29, 0.717) is 5.56 Å². The van der Waals surface area contributed by atoms with E-state index >= 15 is 0 Å². The SMILES string of the molecule is CN(C)CCc1ccc(C(=O)N2C/C(=C\c3ccc(F)c(F)c3)C(=O)/C(=C/c3ccc(F)c(F)c3)C2)cc1. The molecule has 0 N–H and O–H groups in total. The molecule has 8 heteroatoms. The highest BCUT2D eigenvalue weighted by molar-refractivity contribution is 6.15. The molecule has 3 aromatic carbocycles. The van der Waals surface area contributed by atoms with Crippen molar-refractivity contribution in [2.24, 2.45) is 0 Å². The molecule has 0 radical (unpaired) electrons. The standard InChI is InChI=1S/C30H26F4N2O2/c1-35(2)12-11-19-3-7-22(8-4-19)30(38)36-17-23(13-20-5-9-25(31)27(33)15-20)29(37)24(18-36)14-21-6-10-26(32)28(34)16-21/h3-10,13-16H,11-12,17-18H2,1-2H3/b23-13+,24-14+. The van der Waals surface area contributed by atoms with Crippen LogP contribution in [0.1, 0.15) is 27.0 Å². The van der Waals surface area contributed by atoms with E-state index in [0.717, 1.165) is 42.8 Å². The van der Waals surface area contributed by atoms with Gasteiger partial charge in [-0.1, -0.05) is 24.3 Å². The van der Waals surface area contributed by atoms with Gasteiger partial charge in [-0.25, -0.2) is 17.6 Å². The molecule has 0 bridgehead atoms. The Kier molecular flexibility index (Phi) is 8.22. The monoisotopic (exact) mass is 522 g/mol. The molecule has 0 aromatic heterocycles. The van der Waals surface area contributed by atoms with Crippen LogP contribution < -0.4 is 0 Å². The number of nitrogens with zero attached hydrogens (tertiary/aromatic N) is 2. The van der Waals surface area contributed by atoms with Crippen LogP contribution in [0.25, 0.3) is 12.2 Å². The van der Waals surface area contributed by atoms with E-state index < -0.39 is 29.1 Å². The summed E-state index contributed by atoms with van der Waals surface area (Å²) in [6.45, 7) is 0.736. The van der Waals surface area contributed by atoms with Gasteiger partial charge >= 0.3 is 0 Å². The van der Waals surface area contributed by atoms with Crippen LogP contribution in [0.4, 0.5) is 17.6 Å². The molecule has 1 aliphatic rings. The number of piperidine rings is 1. The lowest BCUT2D eigenvalue weighted by atomic mass is 9.93. The molecule has 196 valence electrons. The van der Waals surface area contributed by atoms with Crippen molar-refractivity contribution in [3.63, 3.8) is 0 Å². The predicted molar refractivity (Wildman–Crippen MR) is 138 cm³/mol. The maximum atomic E-state index is 13.8. The first-order chi connectivity index (χ1) is 18.1. The van der Waals surface area contributed by atoms with Crippen LogP contribution in [0.3, 0.4) is 0 Å². The van der Waals surface area contributed by atoms with Gasteiger partial charge in [-0.05, 0) is 85.8 Å². The lowest BCUT2D eigenvalue weighted by molar-refractivity contribution is -0.113. The van der Waals surface area contributed by atoms with Crippen molar-refractivity contribution in [3.8, 4) is 0 Å². The molecule has 1 heterocycles. The molecule has 0 saturated carbocycles. The van der Waals surface area contributed by atoms with Gasteiger partial charge in [0.05, 0.1) is 13.1 Å². The van der Waals surface area contributed by atoms with Crippen LogP contribution in [-0.2, 0) is 11.2 Å². The Morgan fingerprint density at radius 3 is 1.74 bits per heavy atom. The molecule has 1 amide bonds. The van der Waals surface area contributed by atoms with Crippen LogP contribution in [0.5, 0.6) is 0 Å². The molecule has 1 saturated heterocycles. The van der Waals surface area contributed by atoms with Gasteiger partial charge in [-0.3, -0.25) is 9.59 Å². The minimum atomic E-state index is -1.07. The minimum absolute atomic E-state index is 0.0613. The van der Waals surface area contributed by atoms with Crippen molar-refractivity contribution >= 4 is 23.8 Å². The largest absolute Gasteiger partial charge is 0.330 e. The molecule has 0 aliphatic carbocycles. The number of halogens is 4. The number of likely N-dealkylation sites (tertiary alicyclic amines) is 1. The molecule has 1 fully saturated rings. The second-order valence-electron chi connectivity index (χ2n) is 9.43. The zero-order chi connectivity index (χ0) is 27.4. The van der Waals surface area contributed by atoms with Gasteiger partial charge in [0.1, 0.15) is 0 Å². The van der Waals surface area contributed by atoms with Gasteiger partial charge in [-0.15, -0.1) is 0 Å². The number of hydrogen-bond acceptors (Lipinski definition) is 3. The summed E-state index contributed by atoms with van der Waals surface area (Å²) in [5.74, 6) is -4.93. The van der Waals surface area contributed by atoms with Crippen molar-refractivity contribution in [1.82, 2.24) is 9.80 Å². The Balaban J connectivity index is 1.67. The number of carbonyl (C=O) groups is 2. The highest BCUT2D eigenvalue weighted by Crippen LogP contribution is 2.25. The molecular weight excluding hydrogens is 496 g/mol. The van der Waals surface area contributed by atoms with Crippen LogP contribution in [0.2, 0.25) is 0 Å². The molecule has 3 aromatic rings. The number of carbonyl (C=O) groups excluding carboxylic acids is 2. The number of benzene rings is 3. The quantitative estimate of drug-likeness (QED) is 0.315. The Morgan fingerprint density at radius 2 is 1.29 bits per heavy atom. The Labute approximate surface area is 218 Å². The Bertz CT molecular complexity index is 1360. The van der Waals surface area contributed by atoms with Gasteiger partial charge in [0, 0.05) is 23.3 Å². The van der Waals surface area contributed by atoms with Crippen LogP contribution >= 0.6 is 0 Å². The molecule has 4 rings (SSSR count). The fraction of sp³-hybridized carbons (Fsp3) is 0.200. The predicted octanol–water partition coefficient (Wildman–Crippen LogP) is 5.54. The second-order valence-corrected chi connectivity index (χ2v) is 9.43. The summed E-state index contributed by atoms with van der Waals surface area (Å²) in [4.78, 5) is 30.2. The van der Waals surface area contributed by atoms with E-state index in [9.17, 15) is 27.2 Å². The van der Waals surface area contributed by atoms with Crippen molar-refractivity contribution in [3.05, 3.63) is 117 Å². The van der Waals surface area contributed by atoms with E-state index in [4.69, 9.17) is 0 Å². The summed E-state index contributed by atoms with van der Waals surface area (Å²) < 4.78 is 54.4. The average Bonchev–Trinajstić information content (AvgIpc) is 2.89. The lowest BCUT2D eigenvalue weighted by Gasteiger charge is -2.30. The van der Waals surface area contributed by atoms with Crippen molar-refractivity contribution in [1.29, 1.82) is 0 Å². The molecule has 38 heavy (non-hydrogen) atoms. The topological polar surface area (TPSA) is 40.6 Å². The normalized spacial score (nSPS) is 16.1. The van der Waals surface area contributed by atoms with Gasteiger partial charge in [0.15, 0.2) is 29.1 Å². The van der Waals surface area contributed by atoms with Crippen molar-refractivity contribution < 1.29 is 27.2 Å². The van der Waals surface area contributed by atoms with Crippen LogP contribution in [0.15, 0.2) is 71.8 Å². The van der Waals surface area contributed by atoms with Gasteiger partial charge < -0.3 is 9.80 Å². The van der Waals surface area contributed by atoms with Crippen molar-refractivity contribution in [2.75, 3.05) is 33.7 Å². The van der Waals surface area contributed by atoms with Crippen LogP contribution in [0, 0.1) is 23.3 Å². The zero-order valence-corrected chi connectivity index (χ0v) is 21.0. The molecule has 0 unspecified atom stereocenters. The fourth-order valence-electron chi connectivity index (χ4n) is 4.14. The maximum Gasteiger partial charge on any atom is 0.254 e. The summed E-state index contributed by atoms with van der Waals surface area (Å²) >= 11 is 0. The van der Waals surface area contributed by atoms with Crippen molar-refractivity contribution in [2.45, 2.75) is 6.42 Å². The molecule has 1 aliphatic heterocycles. The number of rotatable bonds is 6. The first-order valence-electron chi connectivity index (χ1n) is 12.0. The van der Waals surface area contributed by atoms with Gasteiger partial charge in [0.25, 0.3) is 5.91 Å². The van der Waals surface area contributed by atoms with Gasteiger partial charge in [-0.2, -0.15) is 0 Å². The maximum absolute atomic E-state index is 13.8. The third-order valence-corrected chi connectivity index (χ3v) is 6.21. The average molecular weight is 523 g/mol. The molecule has 0 spiro atoms. The number of ketones is 1. The number of amides is 1. The molecule has 0 atom stereocenters. The second kappa shape index (κ2) is 11.6. The third-order valence-electron chi connectivity index (χ3n) is 6.21. The summed E-state index contributed by atoms with van der Waals surface area (Å²) in [6, 6.07) is 13.7. The summed E-state index contributed by atoms with van der Waals surface area (Å²) in [6.07, 6.45) is 3.61. The zero-order valence-electron chi connectivity index (χ0n) is 21.0. The van der Waals surface area contributed by atoms with E-state index in [1.807, 2.05) is 26.2 Å². The molecule has 4 nitrogen and oxygen atoms in total. The fourth-order valence-corrected chi connectivity index (χ4v) is 4.14. The summed E-state index contributed by atoms with van der Waals surface area (Å²) in [7, 11) is 3.96. The first kappa shape index (κ1) is 27.0. The smallest absolute Gasteiger partial charge is 0.254 e. The minimum Gasteiger partial charge on any atom is -0.330 e. The van der Waals surface area contributed by atoms with Crippen LogP contribution in [-0.4, -0.2) is 55.2 Å². The number of Topliss-reactive ketones (excluding diaryl/α,β-unsaturated/α-hetero) is 1. The third kappa shape index (κ3) is 6.44. The number of likely N-dealkylation sites (N-methyl/N-ethyl adjacent to an activating group) is 1. The summed E-state index contributed by atoms with van der Waals surface area (Å²) in [5.41, 5.74) is 2.34. The number of hydrogen-bond donors (Lipinski definition) is 0. The Morgan fingerprint density at radius 1 is 0.789 bits per heavy atom. The van der Waals surface area contributed by atoms with E-state index in [1.165, 1.54) is 29.2 Å². The van der Waals surface area contributed by atoms with E-state index in [1.54, 1.807) is 12.1 Å². The molecular formula is C30H26F4N2O2. The van der Waals surface area contributed by atoms with Gasteiger partial charge in [0.2, 0.25) is 0 Å². The van der Waals surface area contributed by atoms with E-state index in [2.05, 4.69) is 4.90 Å². The van der Waals surface area contributed by atoms with E-state index in [-0.39, 0.29) is 41.3 Å². The summed E-state index contributed by atoms with van der Waals surface area (Å²) in [5, 5.41) is 0. The first-order valence-corrected chi connectivity index (χ1v) is 12.0. The highest BCUT2D eigenvalue weighted by Gasteiger charge is 2.30.